The Kier molecular flexibility index (Phi) is 6.29. The molecular weight excluding hydrogens is 398 g/mol. The molecule has 2 atom stereocenters. The summed E-state index contributed by atoms with van der Waals surface area (Å²) in [6.45, 7) is 0.0192. The highest BCUT2D eigenvalue weighted by atomic mass is 32.2. The first-order chi connectivity index (χ1) is 13.9. The van der Waals surface area contributed by atoms with Crippen molar-refractivity contribution in [3.63, 3.8) is 0 Å². The van der Waals surface area contributed by atoms with Gasteiger partial charge >= 0.3 is 5.97 Å². The number of carbonyl (C=O) groups excluding carboxylic acids is 1. The second-order valence-corrected chi connectivity index (χ2v) is 8.31. The molecule has 3 rings (SSSR count). The lowest BCUT2D eigenvalue weighted by Gasteiger charge is -2.22. The van der Waals surface area contributed by atoms with Crippen molar-refractivity contribution in [1.29, 1.82) is 0 Å². The Bertz CT molecular complexity index is 962. The molecule has 1 saturated heterocycles. The zero-order valence-corrected chi connectivity index (χ0v) is 17.2. The SMILES string of the molecule is COC(=O)[C@H]1C[C@@H](Oc2ccccc2)CN1S(=O)(=O)c1ccc(OC)c(OC)c1. The molecule has 0 aliphatic carbocycles. The Labute approximate surface area is 170 Å². The molecule has 2 aromatic carbocycles. The maximum absolute atomic E-state index is 13.3. The van der Waals surface area contributed by atoms with Gasteiger partial charge in [0.05, 0.1) is 32.8 Å². The molecule has 0 spiro atoms. The van der Waals surface area contributed by atoms with Crippen molar-refractivity contribution in [3.05, 3.63) is 48.5 Å². The largest absolute Gasteiger partial charge is 0.493 e. The first-order valence-electron chi connectivity index (χ1n) is 8.94. The number of hydrogen-bond acceptors (Lipinski definition) is 7. The van der Waals surface area contributed by atoms with Crippen LogP contribution in [0.2, 0.25) is 0 Å². The molecule has 29 heavy (non-hydrogen) atoms. The number of rotatable bonds is 7. The van der Waals surface area contributed by atoms with Gasteiger partial charge in [-0.2, -0.15) is 4.31 Å². The molecule has 2 aromatic rings. The van der Waals surface area contributed by atoms with Crippen molar-refractivity contribution in [2.45, 2.75) is 23.5 Å². The van der Waals surface area contributed by atoms with Gasteiger partial charge in [-0.1, -0.05) is 18.2 Å². The summed E-state index contributed by atoms with van der Waals surface area (Å²) in [5.74, 6) is 0.654. The summed E-state index contributed by atoms with van der Waals surface area (Å²) < 4.78 is 48.8. The minimum Gasteiger partial charge on any atom is -0.493 e. The first-order valence-corrected chi connectivity index (χ1v) is 10.4. The Morgan fingerprint density at radius 2 is 1.69 bits per heavy atom. The number of sulfonamides is 1. The molecule has 1 fully saturated rings. The van der Waals surface area contributed by atoms with Gasteiger partial charge in [-0.15, -0.1) is 0 Å². The highest BCUT2D eigenvalue weighted by molar-refractivity contribution is 7.89. The van der Waals surface area contributed by atoms with Crippen LogP contribution in [0.15, 0.2) is 53.4 Å². The first kappa shape index (κ1) is 20.9. The molecule has 1 aliphatic heterocycles. The Hall–Kier alpha value is -2.78. The summed E-state index contributed by atoms with van der Waals surface area (Å²) in [4.78, 5) is 12.3. The van der Waals surface area contributed by atoms with E-state index in [4.69, 9.17) is 18.9 Å². The number of benzene rings is 2. The van der Waals surface area contributed by atoms with E-state index in [1.54, 1.807) is 12.1 Å². The van der Waals surface area contributed by atoms with Gasteiger partial charge in [0.25, 0.3) is 0 Å². The van der Waals surface area contributed by atoms with E-state index in [2.05, 4.69) is 0 Å². The summed E-state index contributed by atoms with van der Waals surface area (Å²) in [6.07, 6.45) is -0.301. The van der Waals surface area contributed by atoms with E-state index in [9.17, 15) is 13.2 Å². The molecule has 156 valence electrons. The van der Waals surface area contributed by atoms with Crippen molar-refractivity contribution in [1.82, 2.24) is 4.31 Å². The Morgan fingerprint density at radius 1 is 1.00 bits per heavy atom. The number of nitrogens with zero attached hydrogens (tertiary/aromatic N) is 1. The summed E-state index contributed by atoms with van der Waals surface area (Å²) >= 11 is 0. The van der Waals surface area contributed by atoms with Crippen LogP contribution in [0.1, 0.15) is 6.42 Å². The Morgan fingerprint density at radius 3 is 2.31 bits per heavy atom. The van der Waals surface area contributed by atoms with E-state index >= 15 is 0 Å². The lowest BCUT2D eigenvalue weighted by molar-refractivity contribution is -0.144. The fourth-order valence-electron chi connectivity index (χ4n) is 3.27. The van der Waals surface area contributed by atoms with E-state index in [1.165, 1.54) is 39.5 Å². The monoisotopic (exact) mass is 421 g/mol. The van der Waals surface area contributed by atoms with Crippen LogP contribution in [0.25, 0.3) is 0 Å². The van der Waals surface area contributed by atoms with Gasteiger partial charge in [0.2, 0.25) is 10.0 Å². The van der Waals surface area contributed by atoms with E-state index in [-0.39, 0.29) is 23.6 Å². The number of carbonyl (C=O) groups is 1. The second-order valence-electron chi connectivity index (χ2n) is 6.42. The topological polar surface area (TPSA) is 91.4 Å². The van der Waals surface area contributed by atoms with Gasteiger partial charge < -0.3 is 18.9 Å². The number of methoxy groups -OCH3 is 3. The van der Waals surface area contributed by atoms with Crippen LogP contribution in [0.3, 0.4) is 0 Å². The lowest BCUT2D eigenvalue weighted by Crippen LogP contribution is -2.41. The van der Waals surface area contributed by atoms with Crippen molar-refractivity contribution >= 4 is 16.0 Å². The third-order valence-electron chi connectivity index (χ3n) is 4.70. The zero-order valence-electron chi connectivity index (χ0n) is 16.4. The average Bonchev–Trinajstić information content (AvgIpc) is 3.18. The molecule has 8 nitrogen and oxygen atoms in total. The maximum Gasteiger partial charge on any atom is 0.324 e. The summed E-state index contributed by atoms with van der Waals surface area (Å²) in [5, 5.41) is 0. The third-order valence-corrected chi connectivity index (χ3v) is 6.57. The van der Waals surface area contributed by atoms with Crippen LogP contribution < -0.4 is 14.2 Å². The van der Waals surface area contributed by atoms with E-state index in [0.717, 1.165) is 4.31 Å². The molecule has 0 saturated carbocycles. The van der Waals surface area contributed by atoms with Crippen LogP contribution in [0.4, 0.5) is 0 Å². The molecule has 1 aliphatic rings. The van der Waals surface area contributed by atoms with Crippen molar-refractivity contribution in [2.24, 2.45) is 0 Å². The van der Waals surface area contributed by atoms with Crippen LogP contribution >= 0.6 is 0 Å². The third kappa shape index (κ3) is 4.30. The van der Waals surface area contributed by atoms with E-state index in [1.807, 2.05) is 18.2 Å². The predicted molar refractivity (Wildman–Crippen MR) is 105 cm³/mol. The molecule has 1 heterocycles. The van der Waals surface area contributed by atoms with Crippen molar-refractivity contribution < 1.29 is 32.2 Å². The van der Waals surface area contributed by atoms with Gasteiger partial charge in [-0.05, 0) is 24.3 Å². The number of para-hydroxylation sites is 1. The maximum atomic E-state index is 13.3. The highest BCUT2D eigenvalue weighted by Crippen LogP contribution is 2.34. The number of hydrogen-bond donors (Lipinski definition) is 0. The van der Waals surface area contributed by atoms with Crippen molar-refractivity contribution in [3.8, 4) is 17.2 Å². The fraction of sp³-hybridized carbons (Fsp3) is 0.350. The zero-order chi connectivity index (χ0) is 21.0. The van der Waals surface area contributed by atoms with Gasteiger partial charge in [-0.3, -0.25) is 4.79 Å². The summed E-state index contributed by atoms with van der Waals surface area (Å²) in [6, 6.07) is 12.4. The van der Waals surface area contributed by atoms with Gasteiger partial charge in [0, 0.05) is 12.5 Å². The second kappa shape index (κ2) is 8.71. The number of esters is 1. The molecular formula is C20H23NO7S. The molecule has 0 N–H and O–H groups in total. The smallest absolute Gasteiger partial charge is 0.324 e. The normalized spacial score (nSPS) is 19.6. The molecule has 9 heteroatoms. The standard InChI is InChI=1S/C20H23NO7S/c1-25-18-10-9-16(12-19(18)26-2)29(23,24)21-13-15(11-17(21)20(22)27-3)28-14-7-5-4-6-8-14/h4-10,12,15,17H,11,13H2,1-3H3/t15-,17-/m1/s1. The van der Waals surface area contributed by atoms with Gasteiger partial charge in [0.1, 0.15) is 17.9 Å². The van der Waals surface area contributed by atoms with Crippen LogP contribution in [0.5, 0.6) is 17.2 Å². The van der Waals surface area contributed by atoms with Crippen LogP contribution in [-0.2, 0) is 19.6 Å². The van der Waals surface area contributed by atoms with Gasteiger partial charge in [-0.25, -0.2) is 8.42 Å². The fourth-order valence-corrected chi connectivity index (χ4v) is 4.91. The minimum atomic E-state index is -4.01. The molecule has 0 bridgehead atoms. The Balaban J connectivity index is 1.91. The van der Waals surface area contributed by atoms with E-state index in [0.29, 0.717) is 11.5 Å². The van der Waals surface area contributed by atoms with Crippen molar-refractivity contribution in [2.75, 3.05) is 27.9 Å². The molecule has 0 unspecified atom stereocenters. The average molecular weight is 421 g/mol. The lowest BCUT2D eigenvalue weighted by atomic mass is 10.2. The van der Waals surface area contributed by atoms with Crippen LogP contribution in [-0.4, -0.2) is 58.7 Å². The molecule has 0 aromatic heterocycles. The summed E-state index contributed by atoms with van der Waals surface area (Å²) in [5.41, 5.74) is 0. The predicted octanol–water partition coefficient (Wildman–Crippen LogP) is 2.09. The van der Waals surface area contributed by atoms with E-state index < -0.39 is 28.1 Å². The molecule has 0 radical (unpaired) electrons. The quantitative estimate of drug-likeness (QED) is 0.632. The summed E-state index contributed by atoms with van der Waals surface area (Å²) in [7, 11) is 0.108. The number of ether oxygens (including phenoxy) is 4. The minimum absolute atomic E-state index is 0.00980. The van der Waals surface area contributed by atoms with Crippen LogP contribution in [0, 0.1) is 0 Å². The van der Waals surface area contributed by atoms with Gasteiger partial charge in [0.15, 0.2) is 11.5 Å². The molecule has 0 amide bonds. The highest BCUT2D eigenvalue weighted by Gasteiger charge is 2.45.